The van der Waals surface area contributed by atoms with Crippen LogP contribution in [0.5, 0.6) is 0 Å². The van der Waals surface area contributed by atoms with Crippen molar-refractivity contribution in [1.29, 1.82) is 0 Å². The van der Waals surface area contributed by atoms with Gasteiger partial charge in [0.2, 0.25) is 0 Å². The fraction of sp³-hybridized carbons (Fsp3) is 0.650. The lowest BCUT2D eigenvalue weighted by Crippen LogP contribution is -2.43. The van der Waals surface area contributed by atoms with Crippen LogP contribution < -0.4 is 5.32 Å². The molecule has 0 heterocycles. The van der Waals surface area contributed by atoms with Gasteiger partial charge in [-0.25, -0.2) is 0 Å². The fourth-order valence-corrected chi connectivity index (χ4v) is 3.90. The zero-order valence-corrected chi connectivity index (χ0v) is 15.5. The van der Waals surface area contributed by atoms with Gasteiger partial charge in [-0.3, -0.25) is 0 Å². The molecule has 0 amide bonds. The molecule has 25 heavy (non-hydrogen) atoms. The highest BCUT2D eigenvalue weighted by Crippen LogP contribution is 2.49. The molecule has 1 fully saturated rings. The van der Waals surface area contributed by atoms with Crippen LogP contribution in [0.15, 0.2) is 29.4 Å². The van der Waals surface area contributed by atoms with E-state index in [1.54, 1.807) is 0 Å². The molecule has 3 N–H and O–H groups in total. The van der Waals surface area contributed by atoms with Crippen molar-refractivity contribution in [2.24, 2.45) is 5.16 Å². The molecule has 3 unspecified atom stereocenters. The quantitative estimate of drug-likeness (QED) is 0.717. The van der Waals surface area contributed by atoms with Gasteiger partial charge < -0.3 is 20.4 Å². The van der Waals surface area contributed by atoms with Gasteiger partial charge >= 0.3 is 0 Å². The summed E-state index contributed by atoms with van der Waals surface area (Å²) in [7, 11) is 0. The number of aliphatic hydroxyl groups excluding tert-OH is 1. The van der Waals surface area contributed by atoms with Gasteiger partial charge in [0.15, 0.2) is 0 Å². The van der Waals surface area contributed by atoms with Gasteiger partial charge in [-0.15, -0.1) is 0 Å². The lowest BCUT2D eigenvalue weighted by Gasteiger charge is -2.34. The molecular weight excluding hydrogens is 316 g/mol. The average Bonchev–Trinajstić information content (AvgIpc) is 2.81. The fourth-order valence-electron chi connectivity index (χ4n) is 3.90. The van der Waals surface area contributed by atoms with Crippen molar-refractivity contribution in [2.45, 2.75) is 69.6 Å². The van der Waals surface area contributed by atoms with E-state index in [2.05, 4.69) is 37.3 Å². The van der Waals surface area contributed by atoms with E-state index in [0.29, 0.717) is 18.7 Å². The third-order valence-electron chi connectivity index (χ3n) is 5.17. The predicted octanol–water partition coefficient (Wildman–Crippen LogP) is 2.56. The first-order valence-corrected chi connectivity index (χ1v) is 9.26. The maximum absolute atomic E-state index is 11.3. The number of rotatable bonds is 5. The van der Waals surface area contributed by atoms with E-state index in [4.69, 9.17) is 4.84 Å². The Morgan fingerprint density at radius 3 is 2.84 bits per heavy atom. The molecule has 138 valence electrons. The maximum atomic E-state index is 11.3. The summed E-state index contributed by atoms with van der Waals surface area (Å²) < 4.78 is 0. The van der Waals surface area contributed by atoms with Crippen molar-refractivity contribution < 1.29 is 15.1 Å². The average molecular weight is 346 g/mol. The van der Waals surface area contributed by atoms with Crippen LogP contribution in [0.2, 0.25) is 0 Å². The molecule has 0 spiro atoms. The Bertz CT molecular complexity index is 638. The van der Waals surface area contributed by atoms with E-state index in [1.807, 2.05) is 18.2 Å². The normalized spacial score (nSPS) is 28.5. The number of nitrogens with zero attached hydrogens (tertiary/aromatic N) is 1. The number of oxime groups is 1. The van der Waals surface area contributed by atoms with Gasteiger partial charge in [-0.2, -0.15) is 0 Å². The summed E-state index contributed by atoms with van der Waals surface area (Å²) in [6, 6.07) is 8.07. The zero-order chi connectivity index (χ0) is 18.1. The molecule has 1 saturated carbocycles. The number of hydrogen-bond donors (Lipinski definition) is 3. The van der Waals surface area contributed by atoms with Crippen molar-refractivity contribution in [3.05, 3.63) is 35.4 Å². The molecule has 2 aliphatic carbocycles. The molecular formula is C20H30N2O3. The van der Waals surface area contributed by atoms with Gasteiger partial charge in [-0.05, 0) is 39.2 Å². The van der Waals surface area contributed by atoms with Crippen LogP contribution >= 0.6 is 0 Å². The van der Waals surface area contributed by atoms with E-state index >= 15 is 0 Å². The molecule has 0 aliphatic heterocycles. The summed E-state index contributed by atoms with van der Waals surface area (Å²) >= 11 is 0. The molecule has 3 rings (SSSR count). The van der Waals surface area contributed by atoms with E-state index < -0.39 is 11.7 Å². The Morgan fingerprint density at radius 2 is 2.08 bits per heavy atom. The number of hydrogen-bond acceptors (Lipinski definition) is 5. The topological polar surface area (TPSA) is 74.1 Å². The summed E-state index contributed by atoms with van der Waals surface area (Å²) in [5.41, 5.74) is 1.79. The zero-order valence-electron chi connectivity index (χ0n) is 15.5. The van der Waals surface area contributed by atoms with Gasteiger partial charge in [-0.1, -0.05) is 42.3 Å². The Hall–Kier alpha value is -1.43. The first-order chi connectivity index (χ1) is 11.8. The highest BCUT2D eigenvalue weighted by molar-refractivity contribution is 6.11. The summed E-state index contributed by atoms with van der Waals surface area (Å²) in [6.07, 6.45) is 3.18. The van der Waals surface area contributed by atoms with Crippen LogP contribution in [0, 0.1) is 0 Å². The number of benzene rings is 1. The van der Waals surface area contributed by atoms with Crippen LogP contribution in [0.1, 0.15) is 63.5 Å². The lowest BCUT2D eigenvalue weighted by molar-refractivity contribution is 0.0250. The van der Waals surface area contributed by atoms with Gasteiger partial charge in [0, 0.05) is 23.6 Å². The smallest absolute Gasteiger partial charge is 0.144 e. The minimum atomic E-state index is -0.934. The van der Waals surface area contributed by atoms with Crippen molar-refractivity contribution in [3.8, 4) is 0 Å². The summed E-state index contributed by atoms with van der Waals surface area (Å²) in [5.74, 6) is 0.104. The molecule has 1 aromatic carbocycles. The number of fused-ring (bicyclic) bond motifs is 3. The molecule has 0 bridgehead atoms. The maximum Gasteiger partial charge on any atom is 0.144 e. The second kappa shape index (κ2) is 7.06. The Labute approximate surface area is 150 Å². The monoisotopic (exact) mass is 346 g/mol. The molecule has 0 radical (unpaired) electrons. The lowest BCUT2D eigenvalue weighted by atomic mass is 9.75. The largest absolute Gasteiger partial charge is 0.393 e. The first kappa shape index (κ1) is 18.4. The standard InChI is InChI=1S/C20H30N2O3/c1-19(2,3)21-12-14(23)13-25-22-18-16-9-5-4-8-15(16)17-10-6-7-11-20(17,18)24/h4-5,8-9,14,17,21,23-24H,6-7,10-13H2,1-3H3/b22-18-. The van der Waals surface area contributed by atoms with E-state index in [9.17, 15) is 10.2 Å². The summed E-state index contributed by atoms with van der Waals surface area (Å²) in [5, 5.41) is 28.9. The third kappa shape index (κ3) is 3.89. The molecule has 1 aromatic rings. The first-order valence-electron chi connectivity index (χ1n) is 9.26. The molecule has 0 aromatic heterocycles. The predicted molar refractivity (Wildman–Crippen MR) is 98.9 cm³/mol. The van der Waals surface area contributed by atoms with Gasteiger partial charge in [0.1, 0.15) is 24.0 Å². The second-order valence-corrected chi connectivity index (χ2v) is 8.33. The SMILES string of the molecule is CC(C)(C)NCC(O)CO/N=C1/c2ccccc2C2CCCCC12O. The van der Waals surface area contributed by atoms with Crippen LogP contribution in [0.25, 0.3) is 0 Å². The Morgan fingerprint density at radius 1 is 1.32 bits per heavy atom. The summed E-state index contributed by atoms with van der Waals surface area (Å²) in [6.45, 7) is 6.70. The molecule has 5 nitrogen and oxygen atoms in total. The number of β-amino-alcohol motifs (C(OH)–C–C–N with tert-alkyl or cyclic N) is 1. The van der Waals surface area contributed by atoms with Gasteiger partial charge in [0.05, 0.1) is 0 Å². The van der Waals surface area contributed by atoms with Crippen LogP contribution in [-0.4, -0.2) is 46.3 Å². The van der Waals surface area contributed by atoms with Crippen LogP contribution in [0.4, 0.5) is 0 Å². The molecule has 2 aliphatic rings. The highest BCUT2D eigenvalue weighted by Gasteiger charge is 2.51. The second-order valence-electron chi connectivity index (χ2n) is 8.33. The van der Waals surface area contributed by atoms with Crippen molar-refractivity contribution in [3.63, 3.8) is 0 Å². The van der Waals surface area contributed by atoms with E-state index in [0.717, 1.165) is 24.8 Å². The van der Waals surface area contributed by atoms with E-state index in [-0.39, 0.29) is 18.1 Å². The Balaban J connectivity index is 1.71. The molecule has 3 atom stereocenters. The molecule has 5 heteroatoms. The van der Waals surface area contributed by atoms with Crippen molar-refractivity contribution >= 4 is 5.71 Å². The number of aliphatic hydroxyl groups is 2. The van der Waals surface area contributed by atoms with Crippen molar-refractivity contribution in [2.75, 3.05) is 13.2 Å². The van der Waals surface area contributed by atoms with Crippen molar-refractivity contribution in [1.82, 2.24) is 5.32 Å². The van der Waals surface area contributed by atoms with E-state index in [1.165, 1.54) is 5.56 Å². The number of nitrogens with one attached hydrogen (secondary N) is 1. The summed E-state index contributed by atoms with van der Waals surface area (Å²) in [4.78, 5) is 5.45. The van der Waals surface area contributed by atoms with Crippen LogP contribution in [-0.2, 0) is 4.84 Å². The molecule has 0 saturated heterocycles. The minimum absolute atomic E-state index is 0.0538. The third-order valence-corrected chi connectivity index (χ3v) is 5.17. The minimum Gasteiger partial charge on any atom is -0.393 e. The van der Waals surface area contributed by atoms with Crippen LogP contribution in [0.3, 0.4) is 0 Å². The van der Waals surface area contributed by atoms with Gasteiger partial charge in [0.25, 0.3) is 0 Å². The highest BCUT2D eigenvalue weighted by atomic mass is 16.6. The Kier molecular flexibility index (Phi) is 5.19.